The van der Waals surface area contributed by atoms with E-state index in [1.54, 1.807) is 41.5 Å². The molecule has 18 heteroatoms. The summed E-state index contributed by atoms with van der Waals surface area (Å²) >= 11 is 0. The van der Waals surface area contributed by atoms with Crippen molar-refractivity contribution in [1.29, 1.82) is 0 Å². The molecule has 0 bridgehead atoms. The third kappa shape index (κ3) is 26.4. The number of hydrogen-bond acceptors (Lipinski definition) is 16. The molecular formula is C26H42O16P2. The monoisotopic (exact) mass is 672 g/mol. The molecule has 0 aliphatic rings. The van der Waals surface area contributed by atoms with Gasteiger partial charge in [-0.2, -0.15) is 0 Å². The quantitative estimate of drug-likeness (QED) is 0.0752. The molecule has 0 aliphatic heterocycles. The molecule has 252 valence electrons. The van der Waals surface area contributed by atoms with E-state index in [0.717, 1.165) is 26.4 Å². The maximum Gasteiger partial charge on any atom is 0.338 e. The second kappa shape index (κ2) is 27.3. The summed E-state index contributed by atoms with van der Waals surface area (Å²) in [6.45, 7) is 12.6. The average molecular weight is 673 g/mol. The van der Waals surface area contributed by atoms with Crippen molar-refractivity contribution in [2.24, 2.45) is 0 Å². The lowest BCUT2D eigenvalue weighted by atomic mass is 10.4. The number of carbonyl (C=O) groups excluding carboxylic acids is 6. The lowest BCUT2D eigenvalue weighted by molar-refractivity contribution is -0.155. The predicted octanol–water partition coefficient (Wildman–Crippen LogP) is 3.69. The molecule has 0 heterocycles. The molecule has 0 saturated carbocycles. The Morgan fingerprint density at radius 3 is 0.795 bits per heavy atom. The zero-order valence-corrected chi connectivity index (χ0v) is 27.9. The first-order valence-corrected chi connectivity index (χ1v) is 16.6. The van der Waals surface area contributed by atoms with Crippen LogP contribution in [0.1, 0.15) is 41.5 Å². The van der Waals surface area contributed by atoms with Crippen molar-refractivity contribution >= 4 is 51.0 Å². The van der Waals surface area contributed by atoms with E-state index in [1.807, 2.05) is 0 Å². The summed E-state index contributed by atoms with van der Waals surface area (Å²) in [5.74, 6) is -6.52. The van der Waals surface area contributed by atoms with Crippen LogP contribution in [0.4, 0.5) is 0 Å². The Bertz CT molecular complexity index is 990. The van der Waals surface area contributed by atoms with Crippen molar-refractivity contribution in [2.75, 3.05) is 53.0 Å². The van der Waals surface area contributed by atoms with Gasteiger partial charge in [-0.15, -0.1) is 0 Å². The molecule has 0 aromatic carbocycles. The lowest BCUT2D eigenvalue weighted by Gasteiger charge is -2.13. The molecule has 0 spiro atoms. The smallest absolute Gasteiger partial charge is 0.338 e. The van der Waals surface area contributed by atoms with Crippen LogP contribution in [-0.2, 0) is 74.9 Å². The molecule has 0 rings (SSSR count). The maximum absolute atomic E-state index is 11.3. The van der Waals surface area contributed by atoms with Gasteiger partial charge in [0.2, 0.25) is 0 Å². The molecule has 0 fully saturated rings. The molecule has 0 aromatic rings. The molecule has 16 nitrogen and oxygen atoms in total. The van der Waals surface area contributed by atoms with Crippen molar-refractivity contribution in [2.45, 2.75) is 41.5 Å². The van der Waals surface area contributed by atoms with Crippen LogP contribution in [0.25, 0.3) is 0 Å². The van der Waals surface area contributed by atoms with Crippen molar-refractivity contribution in [3.05, 3.63) is 36.5 Å². The minimum absolute atomic E-state index is 0.450. The second-order valence-corrected chi connectivity index (χ2v) is 11.8. The minimum atomic E-state index is -2.70. The second-order valence-electron chi connectivity index (χ2n) is 7.05. The van der Waals surface area contributed by atoms with E-state index < -0.39 is 51.0 Å². The largest absolute Gasteiger partial charge is 0.466 e. The molecule has 0 aromatic heterocycles. The Labute approximate surface area is 257 Å². The van der Waals surface area contributed by atoms with Gasteiger partial charge in [0.05, 0.1) is 40.6 Å². The van der Waals surface area contributed by atoms with Gasteiger partial charge in [-0.1, -0.05) is 13.8 Å². The third-order valence-electron chi connectivity index (χ3n) is 3.95. The number of esters is 6. The van der Waals surface area contributed by atoms with Crippen LogP contribution >= 0.6 is 15.2 Å². The van der Waals surface area contributed by atoms with E-state index in [9.17, 15) is 37.9 Å². The van der Waals surface area contributed by atoms with Gasteiger partial charge in [-0.3, -0.25) is 9.13 Å². The van der Waals surface area contributed by atoms with Crippen LogP contribution in [0, 0.1) is 0 Å². The molecule has 0 saturated heterocycles. The van der Waals surface area contributed by atoms with E-state index in [4.69, 9.17) is 18.1 Å². The van der Waals surface area contributed by atoms with E-state index >= 15 is 0 Å². The third-order valence-corrected chi connectivity index (χ3v) is 8.10. The summed E-state index contributed by atoms with van der Waals surface area (Å²) in [5.41, 5.74) is 0. The van der Waals surface area contributed by atoms with Crippen LogP contribution in [0.2, 0.25) is 0 Å². The van der Waals surface area contributed by atoms with Crippen molar-refractivity contribution in [3.8, 4) is 0 Å². The molecule has 0 amide bonds. The molecule has 0 radical (unpaired) electrons. The van der Waals surface area contributed by atoms with Crippen LogP contribution in [0.3, 0.4) is 0 Å². The molecule has 0 N–H and O–H groups in total. The first-order chi connectivity index (χ1) is 20.6. The number of carbonyl (C=O) groups is 6. The molecule has 0 unspecified atom stereocenters. The zero-order chi connectivity index (χ0) is 34.6. The normalized spacial score (nSPS) is 11.2. The van der Waals surface area contributed by atoms with Crippen LogP contribution in [0.5, 0.6) is 0 Å². The van der Waals surface area contributed by atoms with Gasteiger partial charge in [-0.05, 0) is 27.7 Å². The summed E-state index contributed by atoms with van der Waals surface area (Å²) in [6, 6.07) is 0. The fraction of sp³-hybridized carbons (Fsp3) is 0.538. The van der Waals surface area contributed by atoms with Crippen LogP contribution < -0.4 is 0 Å². The van der Waals surface area contributed by atoms with Gasteiger partial charge in [-0.25, -0.2) is 28.8 Å². The topological polar surface area (TPSA) is 210 Å². The highest BCUT2D eigenvalue weighted by atomic mass is 31.2. The first kappa shape index (κ1) is 45.2. The fourth-order valence-electron chi connectivity index (χ4n) is 2.11. The molecule has 44 heavy (non-hydrogen) atoms. The standard InChI is InChI=1S/C14H12O10.2C6H15O3P/c1-21-9(15)3-5-11(17)23-13(19)7-8-14(20)24-12(18)6-4-10(16)22-2;2*1-4-8-10(7,6-3)9-5-2/h3-8H,1-2H3;2*4-6H2,1-3H3/b5-3-,6-4-,8-7-;;. The van der Waals surface area contributed by atoms with Crippen molar-refractivity contribution in [1.82, 2.24) is 0 Å². The Morgan fingerprint density at radius 2 is 0.636 bits per heavy atom. The van der Waals surface area contributed by atoms with Crippen molar-refractivity contribution in [3.63, 3.8) is 0 Å². The Hall–Kier alpha value is -3.26. The van der Waals surface area contributed by atoms with Crippen LogP contribution in [0.15, 0.2) is 36.5 Å². The Balaban J connectivity index is -0.000000689. The summed E-state index contributed by atoms with van der Waals surface area (Å²) in [4.78, 5) is 65.9. The highest BCUT2D eigenvalue weighted by Crippen LogP contribution is 2.47. The van der Waals surface area contributed by atoms with Gasteiger partial charge in [0, 0.05) is 48.8 Å². The predicted molar refractivity (Wildman–Crippen MR) is 156 cm³/mol. The first-order valence-electron chi connectivity index (χ1n) is 13.1. The maximum atomic E-state index is 11.3. The van der Waals surface area contributed by atoms with Gasteiger partial charge >= 0.3 is 51.0 Å². The SMILES string of the molecule is CCOP(=O)(CC)OCC.CCOP(=O)(CC)OCC.COC(=O)/C=C\C(=O)OC(=O)/C=C\C(=O)OC(=O)/C=C\C(=O)OC. The number of rotatable bonds is 16. The number of hydrogen-bond donors (Lipinski definition) is 0. The highest BCUT2D eigenvalue weighted by molar-refractivity contribution is 7.54. The van der Waals surface area contributed by atoms with Gasteiger partial charge in [0.15, 0.2) is 0 Å². The average Bonchev–Trinajstić information content (AvgIpc) is 2.98. The molecular weight excluding hydrogens is 630 g/mol. The van der Waals surface area contributed by atoms with Crippen molar-refractivity contribution < 1.29 is 74.9 Å². The Morgan fingerprint density at radius 1 is 0.432 bits per heavy atom. The number of methoxy groups -OCH3 is 2. The fourth-order valence-corrected chi connectivity index (χ4v) is 4.56. The molecule has 0 atom stereocenters. The van der Waals surface area contributed by atoms with E-state index in [2.05, 4.69) is 18.9 Å². The summed E-state index contributed by atoms with van der Waals surface area (Å²) < 4.78 is 59.2. The summed E-state index contributed by atoms with van der Waals surface area (Å²) in [6.07, 6.45) is 4.66. The van der Waals surface area contributed by atoms with Gasteiger partial charge in [0.25, 0.3) is 0 Å². The van der Waals surface area contributed by atoms with Gasteiger partial charge < -0.3 is 37.0 Å². The van der Waals surface area contributed by atoms with E-state index in [1.165, 1.54) is 0 Å². The Kier molecular flexibility index (Phi) is 28.0. The lowest BCUT2D eigenvalue weighted by Crippen LogP contribution is -2.11. The van der Waals surface area contributed by atoms with Gasteiger partial charge in [0.1, 0.15) is 0 Å². The van der Waals surface area contributed by atoms with E-state index in [-0.39, 0.29) is 0 Å². The highest BCUT2D eigenvalue weighted by Gasteiger charge is 2.20. The summed E-state index contributed by atoms with van der Waals surface area (Å²) in [5, 5.41) is 0. The van der Waals surface area contributed by atoms with E-state index in [0.29, 0.717) is 63.1 Å². The van der Waals surface area contributed by atoms with Crippen LogP contribution in [-0.4, -0.2) is 88.8 Å². The minimum Gasteiger partial charge on any atom is -0.466 e. The number of ether oxygens (including phenoxy) is 4. The summed E-state index contributed by atoms with van der Waals surface area (Å²) in [7, 11) is -3.24. The molecule has 0 aliphatic carbocycles. The zero-order valence-electron chi connectivity index (χ0n) is 26.1.